The van der Waals surface area contributed by atoms with Crippen LogP contribution in [0.3, 0.4) is 0 Å². The number of piperazine rings is 1. The Kier molecular flexibility index (Phi) is 5.27. The summed E-state index contributed by atoms with van der Waals surface area (Å²) in [6.07, 6.45) is -0.237. The van der Waals surface area contributed by atoms with Crippen molar-refractivity contribution >= 4 is 6.09 Å². The van der Waals surface area contributed by atoms with Crippen molar-refractivity contribution in [3.63, 3.8) is 0 Å². The number of rotatable bonds is 4. The Balaban J connectivity index is 1.86. The van der Waals surface area contributed by atoms with Crippen molar-refractivity contribution in [2.75, 3.05) is 39.9 Å². The molecule has 6 nitrogen and oxygen atoms in total. The van der Waals surface area contributed by atoms with Crippen molar-refractivity contribution in [2.24, 2.45) is 0 Å². The summed E-state index contributed by atoms with van der Waals surface area (Å²) in [4.78, 5) is 15.6. The first-order valence-electron chi connectivity index (χ1n) is 7.14. The van der Waals surface area contributed by atoms with Crippen LogP contribution >= 0.6 is 0 Å². The third-order valence-corrected chi connectivity index (χ3v) is 3.55. The predicted molar refractivity (Wildman–Crippen MR) is 78.5 cm³/mol. The molecule has 0 spiro atoms. The van der Waals surface area contributed by atoms with Crippen LogP contribution in [0.25, 0.3) is 0 Å². The molecular formula is C15H22N2O4. The zero-order chi connectivity index (χ0) is 15.2. The van der Waals surface area contributed by atoms with Gasteiger partial charge in [0.05, 0.1) is 13.7 Å². The van der Waals surface area contributed by atoms with E-state index in [0.29, 0.717) is 25.4 Å². The topological polar surface area (TPSA) is 62.2 Å². The summed E-state index contributed by atoms with van der Waals surface area (Å²) in [5.74, 6) is 0.631. The molecule has 2 rings (SSSR count). The summed E-state index contributed by atoms with van der Waals surface area (Å²) in [7, 11) is 1.53. The van der Waals surface area contributed by atoms with Gasteiger partial charge in [0.25, 0.3) is 0 Å². The van der Waals surface area contributed by atoms with E-state index in [-0.39, 0.29) is 11.8 Å². The van der Waals surface area contributed by atoms with Gasteiger partial charge >= 0.3 is 6.09 Å². The number of ether oxygens (including phenoxy) is 2. The minimum absolute atomic E-state index is 0.153. The largest absolute Gasteiger partial charge is 0.504 e. The standard InChI is InChI=1S/C15H22N2O4/c1-3-21-15(19)17-8-6-16(7-9-17)11-12-4-5-14(20-2)13(18)10-12/h4-5,10,18H,3,6-9,11H2,1-2H3. The van der Waals surface area contributed by atoms with Gasteiger partial charge in [0.2, 0.25) is 0 Å². The van der Waals surface area contributed by atoms with Crippen molar-refractivity contribution in [3.8, 4) is 11.5 Å². The highest BCUT2D eigenvalue weighted by atomic mass is 16.6. The fourth-order valence-electron chi connectivity index (χ4n) is 2.40. The molecule has 1 heterocycles. The number of hydrogen-bond donors (Lipinski definition) is 1. The summed E-state index contributed by atoms with van der Waals surface area (Å²) < 4.78 is 10.0. The molecule has 1 aliphatic heterocycles. The van der Waals surface area contributed by atoms with E-state index in [9.17, 15) is 9.90 Å². The highest BCUT2D eigenvalue weighted by Crippen LogP contribution is 2.26. The van der Waals surface area contributed by atoms with Crippen LogP contribution < -0.4 is 4.74 Å². The monoisotopic (exact) mass is 294 g/mol. The Morgan fingerprint density at radius 1 is 1.29 bits per heavy atom. The second-order valence-corrected chi connectivity index (χ2v) is 4.97. The normalized spacial score (nSPS) is 15.8. The van der Waals surface area contributed by atoms with Gasteiger partial charge in [0.15, 0.2) is 11.5 Å². The van der Waals surface area contributed by atoms with Crippen LogP contribution in [-0.4, -0.2) is 60.9 Å². The molecule has 1 amide bonds. The predicted octanol–water partition coefficient (Wildman–Crippen LogP) is 1.67. The van der Waals surface area contributed by atoms with Crippen molar-refractivity contribution < 1.29 is 19.4 Å². The number of carbonyl (C=O) groups is 1. The van der Waals surface area contributed by atoms with Crippen molar-refractivity contribution in [2.45, 2.75) is 13.5 Å². The number of phenols is 1. The second-order valence-electron chi connectivity index (χ2n) is 4.97. The van der Waals surface area contributed by atoms with Gasteiger partial charge in [-0.1, -0.05) is 6.07 Å². The molecule has 0 radical (unpaired) electrons. The lowest BCUT2D eigenvalue weighted by Gasteiger charge is -2.34. The fraction of sp³-hybridized carbons (Fsp3) is 0.533. The molecule has 1 N–H and O–H groups in total. The Labute approximate surface area is 124 Å². The first-order chi connectivity index (χ1) is 10.1. The molecule has 1 saturated heterocycles. The van der Waals surface area contributed by atoms with Gasteiger partial charge in [-0.05, 0) is 24.6 Å². The zero-order valence-electron chi connectivity index (χ0n) is 12.5. The van der Waals surface area contributed by atoms with E-state index in [2.05, 4.69) is 4.90 Å². The number of nitrogens with zero attached hydrogens (tertiary/aromatic N) is 2. The first-order valence-corrected chi connectivity index (χ1v) is 7.14. The van der Waals surface area contributed by atoms with E-state index in [1.807, 2.05) is 13.0 Å². The van der Waals surface area contributed by atoms with Crippen LogP contribution in [0.5, 0.6) is 11.5 Å². The molecular weight excluding hydrogens is 272 g/mol. The minimum Gasteiger partial charge on any atom is -0.504 e. The lowest BCUT2D eigenvalue weighted by atomic mass is 10.1. The molecule has 1 aliphatic rings. The molecule has 21 heavy (non-hydrogen) atoms. The lowest BCUT2D eigenvalue weighted by molar-refractivity contribution is 0.0778. The Morgan fingerprint density at radius 3 is 2.57 bits per heavy atom. The van der Waals surface area contributed by atoms with Gasteiger partial charge in [-0.25, -0.2) is 4.79 Å². The third kappa shape index (κ3) is 4.01. The first kappa shape index (κ1) is 15.4. The quantitative estimate of drug-likeness (QED) is 0.915. The average Bonchev–Trinajstić information content (AvgIpc) is 2.48. The highest BCUT2D eigenvalue weighted by molar-refractivity contribution is 5.67. The molecule has 0 unspecified atom stereocenters. The van der Waals surface area contributed by atoms with Gasteiger partial charge in [-0.2, -0.15) is 0 Å². The molecule has 0 aromatic heterocycles. The molecule has 0 aliphatic carbocycles. The molecule has 0 atom stereocenters. The molecule has 1 aromatic rings. The Hall–Kier alpha value is -1.95. The Morgan fingerprint density at radius 2 is 2.00 bits per heavy atom. The van der Waals surface area contributed by atoms with Gasteiger partial charge in [-0.3, -0.25) is 4.90 Å². The summed E-state index contributed by atoms with van der Waals surface area (Å²) >= 11 is 0. The molecule has 116 valence electrons. The van der Waals surface area contributed by atoms with Crippen LogP contribution in [-0.2, 0) is 11.3 Å². The van der Waals surface area contributed by atoms with Crippen LogP contribution in [0.15, 0.2) is 18.2 Å². The smallest absolute Gasteiger partial charge is 0.409 e. The number of hydrogen-bond acceptors (Lipinski definition) is 5. The van der Waals surface area contributed by atoms with E-state index in [4.69, 9.17) is 9.47 Å². The number of carbonyl (C=O) groups excluding carboxylic acids is 1. The number of phenolic OH excluding ortho intramolecular Hbond substituents is 1. The van der Waals surface area contributed by atoms with E-state index in [0.717, 1.165) is 25.2 Å². The van der Waals surface area contributed by atoms with Crippen molar-refractivity contribution in [1.29, 1.82) is 0 Å². The van der Waals surface area contributed by atoms with Crippen LogP contribution in [0.4, 0.5) is 4.79 Å². The maximum absolute atomic E-state index is 11.6. The lowest BCUT2D eigenvalue weighted by Crippen LogP contribution is -2.48. The van der Waals surface area contributed by atoms with Gasteiger partial charge in [-0.15, -0.1) is 0 Å². The van der Waals surface area contributed by atoms with Gasteiger partial charge in [0.1, 0.15) is 0 Å². The fourth-order valence-corrected chi connectivity index (χ4v) is 2.40. The molecule has 0 saturated carbocycles. The van der Waals surface area contributed by atoms with Crippen LogP contribution in [0.2, 0.25) is 0 Å². The van der Waals surface area contributed by atoms with E-state index < -0.39 is 0 Å². The van der Waals surface area contributed by atoms with Crippen molar-refractivity contribution in [3.05, 3.63) is 23.8 Å². The number of amides is 1. The Bertz CT molecular complexity index is 485. The van der Waals surface area contributed by atoms with Gasteiger partial charge in [0, 0.05) is 32.7 Å². The van der Waals surface area contributed by atoms with Crippen LogP contribution in [0, 0.1) is 0 Å². The summed E-state index contributed by atoms with van der Waals surface area (Å²) in [5, 5.41) is 9.78. The molecule has 1 aromatic carbocycles. The minimum atomic E-state index is -0.237. The molecule has 0 bridgehead atoms. The number of methoxy groups -OCH3 is 1. The second kappa shape index (κ2) is 7.17. The number of aromatic hydroxyl groups is 1. The average molecular weight is 294 g/mol. The van der Waals surface area contributed by atoms with E-state index >= 15 is 0 Å². The van der Waals surface area contributed by atoms with Gasteiger partial charge < -0.3 is 19.5 Å². The maximum atomic E-state index is 11.6. The third-order valence-electron chi connectivity index (χ3n) is 3.55. The molecule has 1 fully saturated rings. The molecule has 6 heteroatoms. The van der Waals surface area contributed by atoms with Crippen LogP contribution in [0.1, 0.15) is 12.5 Å². The van der Waals surface area contributed by atoms with E-state index in [1.165, 1.54) is 7.11 Å². The van der Waals surface area contributed by atoms with E-state index in [1.54, 1.807) is 17.0 Å². The SMILES string of the molecule is CCOC(=O)N1CCN(Cc2ccc(OC)c(O)c2)CC1. The zero-order valence-corrected chi connectivity index (χ0v) is 12.5. The summed E-state index contributed by atoms with van der Waals surface area (Å²) in [6, 6.07) is 5.42. The number of benzene rings is 1. The van der Waals surface area contributed by atoms with Crippen molar-refractivity contribution in [1.82, 2.24) is 9.80 Å². The summed E-state index contributed by atoms with van der Waals surface area (Å²) in [5.41, 5.74) is 1.03. The highest BCUT2D eigenvalue weighted by Gasteiger charge is 2.21. The maximum Gasteiger partial charge on any atom is 0.409 e. The summed E-state index contributed by atoms with van der Waals surface area (Å²) in [6.45, 7) is 5.89.